The van der Waals surface area contributed by atoms with Crippen LogP contribution < -0.4 is 5.73 Å². The third-order valence-corrected chi connectivity index (χ3v) is 1.87. The highest BCUT2D eigenvalue weighted by Crippen LogP contribution is 2.20. The number of nitrogens with two attached hydrogens (primary N) is 1. The molecule has 0 aromatic heterocycles. The van der Waals surface area contributed by atoms with Gasteiger partial charge in [-0.25, -0.2) is 0 Å². The van der Waals surface area contributed by atoms with Crippen LogP contribution in [-0.2, 0) is 0 Å². The molecule has 1 aliphatic rings. The molecule has 1 atom stereocenters. The molecule has 3 heteroatoms. The molecular weight excluding hydrogens is 128 g/mol. The molecule has 1 unspecified atom stereocenters. The molecule has 0 saturated carbocycles. The van der Waals surface area contributed by atoms with E-state index in [0.717, 1.165) is 19.5 Å². The second kappa shape index (κ2) is 2.49. The van der Waals surface area contributed by atoms with Gasteiger partial charge >= 0.3 is 0 Å². The quantitative estimate of drug-likeness (QED) is 0.544. The molecule has 3 nitrogen and oxygen atoms in total. The Labute approximate surface area is 61.8 Å². The molecule has 1 rings (SSSR count). The van der Waals surface area contributed by atoms with Crippen LogP contribution in [0, 0.1) is 0 Å². The van der Waals surface area contributed by atoms with Gasteiger partial charge in [0.1, 0.15) is 0 Å². The van der Waals surface area contributed by atoms with Gasteiger partial charge < -0.3 is 15.7 Å². The van der Waals surface area contributed by atoms with E-state index >= 15 is 0 Å². The van der Waals surface area contributed by atoms with Crippen LogP contribution in [0.25, 0.3) is 0 Å². The number of aliphatic hydroxyl groups excluding tert-OH is 1. The van der Waals surface area contributed by atoms with Gasteiger partial charge in [-0.15, -0.1) is 0 Å². The lowest BCUT2D eigenvalue weighted by atomic mass is 9.86. The maximum Gasteiger partial charge on any atom is 0.0530 e. The molecule has 3 N–H and O–H groups in total. The molecule has 60 valence electrons. The number of hydrogen-bond acceptors (Lipinski definition) is 3. The molecule has 0 aromatic rings. The van der Waals surface area contributed by atoms with E-state index in [2.05, 4.69) is 4.90 Å². The van der Waals surface area contributed by atoms with Crippen LogP contribution in [0.5, 0.6) is 0 Å². The molecule has 1 saturated heterocycles. The third kappa shape index (κ3) is 1.68. The topological polar surface area (TPSA) is 49.5 Å². The lowest BCUT2D eigenvalue weighted by molar-refractivity contribution is 0.0490. The highest BCUT2D eigenvalue weighted by Gasteiger charge is 2.37. The Morgan fingerprint density at radius 3 is 2.50 bits per heavy atom. The fourth-order valence-corrected chi connectivity index (χ4v) is 1.75. The Morgan fingerprint density at radius 2 is 2.20 bits per heavy atom. The minimum absolute atomic E-state index is 0.108. The summed E-state index contributed by atoms with van der Waals surface area (Å²) in [6, 6.07) is 0. The monoisotopic (exact) mass is 144 g/mol. The van der Waals surface area contributed by atoms with Gasteiger partial charge in [-0.2, -0.15) is 0 Å². The Bertz CT molecular complexity index is 119. The zero-order chi connectivity index (χ0) is 7.78. The SMILES string of the molecule is CC(O)CC1(N)CN(C)C1. The van der Waals surface area contributed by atoms with Gasteiger partial charge in [-0.1, -0.05) is 0 Å². The molecule has 0 bridgehead atoms. The molecule has 0 spiro atoms. The van der Waals surface area contributed by atoms with Crippen LogP contribution in [-0.4, -0.2) is 41.8 Å². The molecule has 1 heterocycles. The molecule has 10 heavy (non-hydrogen) atoms. The Kier molecular flexibility index (Phi) is 1.99. The lowest BCUT2D eigenvalue weighted by Crippen LogP contribution is -2.66. The summed E-state index contributed by atoms with van der Waals surface area (Å²) < 4.78 is 0. The maximum absolute atomic E-state index is 9.04. The first-order valence-corrected chi connectivity index (χ1v) is 3.67. The fourth-order valence-electron chi connectivity index (χ4n) is 1.75. The molecule has 1 fully saturated rings. The third-order valence-electron chi connectivity index (χ3n) is 1.87. The van der Waals surface area contributed by atoms with Gasteiger partial charge in [-0.05, 0) is 20.4 Å². The zero-order valence-electron chi connectivity index (χ0n) is 6.67. The first-order valence-electron chi connectivity index (χ1n) is 3.67. The molecule has 1 aliphatic heterocycles. The second-order valence-electron chi connectivity index (χ2n) is 3.59. The van der Waals surface area contributed by atoms with Crippen LogP contribution in [0.2, 0.25) is 0 Å². The van der Waals surface area contributed by atoms with E-state index in [0.29, 0.717) is 0 Å². The summed E-state index contributed by atoms with van der Waals surface area (Å²) in [5.74, 6) is 0. The fraction of sp³-hybridized carbons (Fsp3) is 1.00. The van der Waals surface area contributed by atoms with Gasteiger partial charge in [0.2, 0.25) is 0 Å². The average Bonchev–Trinajstić information content (AvgIpc) is 1.57. The standard InChI is InChI=1S/C7H16N2O/c1-6(10)3-7(8)4-9(2)5-7/h6,10H,3-5,8H2,1-2H3. The maximum atomic E-state index is 9.04. The predicted molar refractivity (Wildman–Crippen MR) is 40.7 cm³/mol. The van der Waals surface area contributed by atoms with Crippen molar-refractivity contribution in [3.05, 3.63) is 0 Å². The van der Waals surface area contributed by atoms with Crippen molar-refractivity contribution in [3.63, 3.8) is 0 Å². The summed E-state index contributed by atoms with van der Waals surface area (Å²) >= 11 is 0. The van der Waals surface area contributed by atoms with Crippen LogP contribution in [0.15, 0.2) is 0 Å². The summed E-state index contributed by atoms with van der Waals surface area (Å²) in [5, 5.41) is 9.04. The molecule has 0 radical (unpaired) electrons. The Morgan fingerprint density at radius 1 is 1.70 bits per heavy atom. The van der Waals surface area contributed by atoms with Gasteiger partial charge in [-0.3, -0.25) is 0 Å². The molecular formula is C7H16N2O. The smallest absolute Gasteiger partial charge is 0.0530 e. The molecule has 0 aliphatic carbocycles. The minimum atomic E-state index is -0.265. The number of rotatable bonds is 2. The van der Waals surface area contributed by atoms with Crippen molar-refractivity contribution in [2.24, 2.45) is 5.73 Å². The number of aliphatic hydroxyl groups is 1. The minimum Gasteiger partial charge on any atom is -0.393 e. The van der Waals surface area contributed by atoms with Crippen molar-refractivity contribution in [2.45, 2.75) is 25.0 Å². The lowest BCUT2D eigenvalue weighted by Gasteiger charge is -2.46. The predicted octanol–water partition coefficient (Wildman–Crippen LogP) is -0.600. The Hall–Kier alpha value is -0.120. The normalized spacial score (nSPS) is 27.6. The average molecular weight is 144 g/mol. The first kappa shape index (κ1) is 7.98. The van der Waals surface area contributed by atoms with E-state index in [-0.39, 0.29) is 11.6 Å². The van der Waals surface area contributed by atoms with Crippen LogP contribution >= 0.6 is 0 Å². The van der Waals surface area contributed by atoms with Crippen LogP contribution in [0.1, 0.15) is 13.3 Å². The summed E-state index contributed by atoms with van der Waals surface area (Å²) in [5.41, 5.74) is 5.78. The van der Waals surface area contributed by atoms with Gasteiger partial charge in [0.05, 0.1) is 6.10 Å². The van der Waals surface area contributed by atoms with Gasteiger partial charge in [0, 0.05) is 18.6 Å². The van der Waals surface area contributed by atoms with Gasteiger partial charge in [0.15, 0.2) is 0 Å². The number of hydrogen-bond donors (Lipinski definition) is 2. The Balaban J connectivity index is 2.27. The van der Waals surface area contributed by atoms with Crippen LogP contribution in [0.4, 0.5) is 0 Å². The summed E-state index contributed by atoms with van der Waals surface area (Å²) in [7, 11) is 2.03. The summed E-state index contributed by atoms with van der Waals surface area (Å²) in [4.78, 5) is 2.16. The van der Waals surface area contributed by atoms with Crippen molar-refractivity contribution in [3.8, 4) is 0 Å². The van der Waals surface area contributed by atoms with Crippen molar-refractivity contribution in [1.29, 1.82) is 0 Å². The largest absolute Gasteiger partial charge is 0.393 e. The zero-order valence-corrected chi connectivity index (χ0v) is 6.67. The number of likely N-dealkylation sites (tertiary alicyclic amines) is 1. The van der Waals surface area contributed by atoms with Crippen molar-refractivity contribution < 1.29 is 5.11 Å². The summed E-state index contributed by atoms with van der Waals surface area (Å²) in [6.45, 7) is 3.61. The van der Waals surface area contributed by atoms with Crippen LogP contribution in [0.3, 0.4) is 0 Å². The summed E-state index contributed by atoms with van der Waals surface area (Å²) in [6.07, 6.45) is 0.454. The van der Waals surface area contributed by atoms with E-state index < -0.39 is 0 Å². The highest BCUT2D eigenvalue weighted by atomic mass is 16.3. The molecule has 0 aromatic carbocycles. The second-order valence-corrected chi connectivity index (χ2v) is 3.59. The van der Waals surface area contributed by atoms with E-state index in [4.69, 9.17) is 10.8 Å². The van der Waals surface area contributed by atoms with Crippen molar-refractivity contribution >= 4 is 0 Å². The number of nitrogens with zero attached hydrogens (tertiary/aromatic N) is 1. The first-order chi connectivity index (χ1) is 4.52. The van der Waals surface area contributed by atoms with E-state index in [1.807, 2.05) is 7.05 Å². The van der Waals surface area contributed by atoms with E-state index in [9.17, 15) is 0 Å². The number of likely N-dealkylation sites (N-methyl/N-ethyl adjacent to an activating group) is 1. The molecule has 0 amide bonds. The van der Waals surface area contributed by atoms with Crippen molar-refractivity contribution in [2.75, 3.05) is 20.1 Å². The van der Waals surface area contributed by atoms with Crippen molar-refractivity contribution in [1.82, 2.24) is 4.90 Å². The highest BCUT2D eigenvalue weighted by molar-refractivity contribution is 4.99. The van der Waals surface area contributed by atoms with Gasteiger partial charge in [0.25, 0.3) is 0 Å². The van der Waals surface area contributed by atoms with E-state index in [1.165, 1.54) is 0 Å². The van der Waals surface area contributed by atoms with E-state index in [1.54, 1.807) is 6.92 Å².